The first-order valence-electron chi connectivity index (χ1n) is 5.74. The van der Waals surface area contributed by atoms with Crippen molar-refractivity contribution in [1.82, 2.24) is 8.96 Å². The van der Waals surface area contributed by atoms with Crippen molar-refractivity contribution in [3.63, 3.8) is 0 Å². The van der Waals surface area contributed by atoms with E-state index < -0.39 is 0 Å². The number of hydrogen-bond acceptors (Lipinski definition) is 4. The third kappa shape index (κ3) is 1.90. The molecule has 0 saturated heterocycles. The van der Waals surface area contributed by atoms with Crippen molar-refractivity contribution in [1.29, 1.82) is 0 Å². The molecule has 0 aromatic carbocycles. The van der Waals surface area contributed by atoms with E-state index in [2.05, 4.69) is 44.0 Å². The molecule has 0 unspecified atom stereocenters. The van der Waals surface area contributed by atoms with Gasteiger partial charge in [0.1, 0.15) is 0 Å². The number of pyridine rings is 1. The predicted molar refractivity (Wildman–Crippen MR) is 83.1 cm³/mol. The van der Waals surface area contributed by atoms with Crippen LogP contribution in [0, 0.1) is 0 Å². The Labute approximate surface area is 124 Å². The topological polar surface area (TPSA) is 25.8 Å². The van der Waals surface area contributed by atoms with Crippen molar-refractivity contribution in [3.8, 4) is 21.0 Å². The molecule has 0 saturated carbocycles. The number of rotatable bonds is 2. The molecule has 0 aliphatic carbocycles. The Bertz CT molecular complexity index is 748. The van der Waals surface area contributed by atoms with E-state index in [1.54, 1.807) is 22.7 Å². The zero-order valence-corrected chi connectivity index (χ0v) is 13.1. The van der Waals surface area contributed by atoms with Gasteiger partial charge in [0.15, 0.2) is 0 Å². The van der Waals surface area contributed by atoms with Crippen LogP contribution in [0.4, 0.5) is 0 Å². The van der Waals surface area contributed by atoms with E-state index in [1.807, 2.05) is 12.4 Å². The Morgan fingerprint density at radius 3 is 2.47 bits per heavy atom. The van der Waals surface area contributed by atoms with Crippen LogP contribution in [0.1, 0.15) is 0 Å². The molecule has 2 nitrogen and oxygen atoms in total. The van der Waals surface area contributed by atoms with Gasteiger partial charge in [-0.1, -0.05) is 0 Å². The van der Waals surface area contributed by atoms with E-state index in [-0.39, 0.29) is 14.7 Å². The van der Waals surface area contributed by atoms with Gasteiger partial charge in [0.25, 0.3) is 0 Å². The molecular formula is C14H8N2S2Se. The summed E-state index contributed by atoms with van der Waals surface area (Å²) in [5, 5.41) is 5.42. The maximum atomic E-state index is 4.68. The number of hydrogen-bond donors (Lipinski definition) is 0. The first-order valence-corrected chi connectivity index (χ1v) is 9.13. The van der Waals surface area contributed by atoms with Crippen LogP contribution in [0.5, 0.6) is 0 Å². The molecule has 0 radical (unpaired) electrons. The Kier molecular flexibility index (Phi) is 2.85. The number of nitrogens with zero attached hydrogens (tertiary/aromatic N) is 2. The van der Waals surface area contributed by atoms with Crippen molar-refractivity contribution in [2.24, 2.45) is 0 Å². The number of fused-ring (bicyclic) bond motifs is 1. The van der Waals surface area contributed by atoms with Crippen molar-refractivity contribution >= 4 is 47.1 Å². The van der Waals surface area contributed by atoms with Crippen molar-refractivity contribution in [2.45, 2.75) is 0 Å². The fraction of sp³-hybridized carbons (Fsp3) is 0. The average molecular weight is 347 g/mol. The molecule has 19 heavy (non-hydrogen) atoms. The molecule has 0 bridgehead atoms. The van der Waals surface area contributed by atoms with Crippen molar-refractivity contribution in [3.05, 3.63) is 47.4 Å². The standard InChI is InChI=1S/C14H8N2S2Se/c1-3-11(17-5-1)9-7-15-13(12-4-2-6-18-12)10-8-16-19-14(9)10/h1-8H. The summed E-state index contributed by atoms with van der Waals surface area (Å²) < 4.78 is 5.87. The van der Waals surface area contributed by atoms with E-state index in [1.165, 1.54) is 25.0 Å². The van der Waals surface area contributed by atoms with E-state index in [0.29, 0.717) is 0 Å². The summed E-state index contributed by atoms with van der Waals surface area (Å²) >= 11 is 3.68. The Morgan fingerprint density at radius 2 is 1.74 bits per heavy atom. The SMILES string of the molecule is c1csc(-c2ncc(-c3cccs3)c3[se]ncc23)c1. The molecule has 0 fully saturated rings. The van der Waals surface area contributed by atoms with Gasteiger partial charge in [0.05, 0.1) is 0 Å². The quantitative estimate of drug-likeness (QED) is 0.509. The summed E-state index contributed by atoms with van der Waals surface area (Å²) in [6.07, 6.45) is 4.00. The molecule has 4 aromatic heterocycles. The Balaban J connectivity index is 2.01. The van der Waals surface area contributed by atoms with Gasteiger partial charge >= 0.3 is 124 Å². The molecule has 5 heteroatoms. The van der Waals surface area contributed by atoms with Crippen LogP contribution in [0.15, 0.2) is 47.4 Å². The molecule has 4 heterocycles. The van der Waals surface area contributed by atoms with Gasteiger partial charge in [0.2, 0.25) is 0 Å². The summed E-state index contributed by atoms with van der Waals surface area (Å²) in [7, 11) is 0. The zero-order chi connectivity index (χ0) is 12.7. The Hall–Kier alpha value is -1.26. The number of thiophene rings is 2. The molecule has 4 rings (SSSR count). The molecule has 0 atom stereocenters. The van der Waals surface area contributed by atoms with E-state index in [0.717, 1.165) is 5.69 Å². The van der Waals surface area contributed by atoms with E-state index in [4.69, 9.17) is 0 Å². The van der Waals surface area contributed by atoms with Gasteiger partial charge in [-0.25, -0.2) is 0 Å². The molecule has 0 N–H and O–H groups in total. The summed E-state index contributed by atoms with van der Waals surface area (Å²) in [6, 6.07) is 8.43. The van der Waals surface area contributed by atoms with Crippen molar-refractivity contribution < 1.29 is 0 Å². The van der Waals surface area contributed by atoms with E-state index in [9.17, 15) is 0 Å². The summed E-state index contributed by atoms with van der Waals surface area (Å²) in [5.74, 6) is 0. The van der Waals surface area contributed by atoms with E-state index >= 15 is 0 Å². The summed E-state index contributed by atoms with van der Waals surface area (Å²) in [4.78, 5) is 7.19. The normalized spacial score (nSPS) is 11.2. The van der Waals surface area contributed by atoms with Gasteiger partial charge in [-0.2, -0.15) is 0 Å². The van der Waals surface area contributed by atoms with Gasteiger partial charge in [-0.15, -0.1) is 0 Å². The predicted octanol–water partition coefficient (Wildman–Crippen LogP) is 4.14. The van der Waals surface area contributed by atoms with Crippen LogP contribution in [0.3, 0.4) is 0 Å². The number of aromatic nitrogens is 2. The second-order valence-corrected chi connectivity index (χ2v) is 7.62. The molecular weight excluding hydrogens is 339 g/mol. The molecule has 4 aromatic rings. The third-order valence-electron chi connectivity index (χ3n) is 2.93. The fourth-order valence-electron chi connectivity index (χ4n) is 2.08. The average Bonchev–Trinajstić information content (AvgIpc) is 3.19. The molecule has 0 amide bonds. The van der Waals surface area contributed by atoms with Crippen LogP contribution in [0.2, 0.25) is 0 Å². The van der Waals surface area contributed by atoms with Crippen LogP contribution >= 0.6 is 22.7 Å². The van der Waals surface area contributed by atoms with Gasteiger partial charge in [-0.3, -0.25) is 0 Å². The van der Waals surface area contributed by atoms with Crippen molar-refractivity contribution in [2.75, 3.05) is 0 Å². The minimum atomic E-state index is 0.184. The van der Waals surface area contributed by atoms with Crippen LogP contribution in [0.25, 0.3) is 30.7 Å². The second kappa shape index (κ2) is 4.69. The third-order valence-corrected chi connectivity index (χ3v) is 6.46. The van der Waals surface area contributed by atoms with Gasteiger partial charge < -0.3 is 0 Å². The van der Waals surface area contributed by atoms with Crippen LogP contribution < -0.4 is 0 Å². The van der Waals surface area contributed by atoms with Crippen LogP contribution in [-0.4, -0.2) is 23.7 Å². The van der Waals surface area contributed by atoms with Gasteiger partial charge in [-0.05, 0) is 0 Å². The minimum absolute atomic E-state index is 0.184. The van der Waals surface area contributed by atoms with Gasteiger partial charge in [0, 0.05) is 0 Å². The summed E-state index contributed by atoms with van der Waals surface area (Å²) in [6.45, 7) is 0. The first-order chi connectivity index (χ1) is 9.43. The molecule has 92 valence electrons. The molecule has 0 aliphatic heterocycles. The first kappa shape index (κ1) is 11.6. The molecule has 0 aliphatic rings. The zero-order valence-electron chi connectivity index (χ0n) is 9.74. The monoisotopic (exact) mass is 348 g/mol. The second-order valence-electron chi connectivity index (χ2n) is 4.04. The fourth-order valence-corrected chi connectivity index (χ4v) is 5.32. The maximum absolute atomic E-state index is 4.68. The molecule has 0 spiro atoms. The summed E-state index contributed by atoms with van der Waals surface area (Å²) in [5.41, 5.74) is 2.33. The Morgan fingerprint density at radius 1 is 0.947 bits per heavy atom. The van der Waals surface area contributed by atoms with Crippen LogP contribution in [-0.2, 0) is 0 Å².